The van der Waals surface area contributed by atoms with Crippen LogP contribution in [0.2, 0.25) is 0 Å². The third-order valence-electron chi connectivity index (χ3n) is 3.12. The number of aliphatic carboxylic acids is 1. The largest absolute Gasteiger partial charge is 0.481 e. The number of alkyl halides is 1. The molecule has 4 heteroatoms. The summed E-state index contributed by atoms with van der Waals surface area (Å²) < 4.78 is 0. The topological polar surface area (TPSA) is 37.3 Å². The van der Waals surface area contributed by atoms with Crippen LogP contribution in [0.15, 0.2) is 0 Å². The van der Waals surface area contributed by atoms with Gasteiger partial charge in [0, 0.05) is 15.8 Å². The standard InChI is InChI=1S/C9H13BrO2S/c10-7-4-13-8-2-1-5(9(11)12)3-6(7)8/h5-8H,1-4H2,(H,11,12). The molecule has 1 saturated heterocycles. The summed E-state index contributed by atoms with van der Waals surface area (Å²) in [5.41, 5.74) is 0. The van der Waals surface area contributed by atoms with Crippen LogP contribution in [0.1, 0.15) is 19.3 Å². The number of halogens is 1. The molecule has 74 valence electrons. The van der Waals surface area contributed by atoms with Gasteiger partial charge in [0.1, 0.15) is 0 Å². The lowest BCUT2D eigenvalue weighted by Crippen LogP contribution is -2.31. The number of hydrogen-bond donors (Lipinski definition) is 1. The highest BCUT2D eigenvalue weighted by atomic mass is 79.9. The molecule has 0 bridgehead atoms. The van der Waals surface area contributed by atoms with Gasteiger partial charge in [-0.15, -0.1) is 0 Å². The fraction of sp³-hybridized carbons (Fsp3) is 0.889. The van der Waals surface area contributed by atoms with Crippen molar-refractivity contribution in [2.45, 2.75) is 29.3 Å². The van der Waals surface area contributed by atoms with E-state index in [0.29, 0.717) is 10.7 Å². The van der Waals surface area contributed by atoms with Crippen molar-refractivity contribution in [2.24, 2.45) is 11.8 Å². The van der Waals surface area contributed by atoms with Crippen LogP contribution in [0.4, 0.5) is 0 Å². The van der Waals surface area contributed by atoms with Gasteiger partial charge in [-0.2, -0.15) is 11.8 Å². The van der Waals surface area contributed by atoms with Crippen LogP contribution in [0.3, 0.4) is 0 Å². The molecular formula is C9H13BrO2S. The Morgan fingerprint density at radius 2 is 2.23 bits per heavy atom. The highest BCUT2D eigenvalue weighted by Gasteiger charge is 2.41. The van der Waals surface area contributed by atoms with Gasteiger partial charge in [0.25, 0.3) is 0 Å². The van der Waals surface area contributed by atoms with Gasteiger partial charge in [-0.25, -0.2) is 0 Å². The van der Waals surface area contributed by atoms with Crippen molar-refractivity contribution in [1.29, 1.82) is 0 Å². The van der Waals surface area contributed by atoms with E-state index in [0.717, 1.165) is 30.3 Å². The molecule has 2 aliphatic rings. The molecule has 0 aromatic rings. The smallest absolute Gasteiger partial charge is 0.306 e. The Hall–Kier alpha value is 0.300. The Morgan fingerprint density at radius 3 is 2.92 bits per heavy atom. The Kier molecular flexibility index (Phi) is 2.88. The van der Waals surface area contributed by atoms with Crippen molar-refractivity contribution in [3.8, 4) is 0 Å². The van der Waals surface area contributed by atoms with Crippen LogP contribution >= 0.6 is 27.7 Å². The average Bonchev–Trinajstić information content (AvgIpc) is 2.47. The molecule has 0 radical (unpaired) electrons. The third-order valence-corrected chi connectivity index (χ3v) is 6.11. The van der Waals surface area contributed by atoms with Crippen LogP contribution < -0.4 is 0 Å². The van der Waals surface area contributed by atoms with E-state index in [2.05, 4.69) is 15.9 Å². The lowest BCUT2D eigenvalue weighted by molar-refractivity contribution is -0.143. The van der Waals surface area contributed by atoms with E-state index < -0.39 is 5.97 Å². The van der Waals surface area contributed by atoms with E-state index in [4.69, 9.17) is 5.11 Å². The normalized spacial score (nSPS) is 44.4. The highest BCUT2D eigenvalue weighted by Crippen LogP contribution is 2.46. The van der Waals surface area contributed by atoms with E-state index in [-0.39, 0.29) is 5.92 Å². The molecule has 0 aromatic carbocycles. The summed E-state index contributed by atoms with van der Waals surface area (Å²) >= 11 is 5.65. The second-order valence-electron chi connectivity index (χ2n) is 3.90. The summed E-state index contributed by atoms with van der Waals surface area (Å²) in [6.45, 7) is 0. The van der Waals surface area contributed by atoms with E-state index >= 15 is 0 Å². The Labute approximate surface area is 90.6 Å². The number of carboxylic acid groups (broad SMARTS) is 1. The molecule has 0 aromatic heterocycles. The first-order valence-electron chi connectivity index (χ1n) is 4.67. The molecule has 13 heavy (non-hydrogen) atoms. The minimum absolute atomic E-state index is 0.0833. The van der Waals surface area contributed by atoms with Crippen LogP contribution in [0.5, 0.6) is 0 Å². The fourth-order valence-corrected chi connectivity index (χ4v) is 5.10. The Bertz CT molecular complexity index is 222. The van der Waals surface area contributed by atoms with Crippen LogP contribution in [-0.4, -0.2) is 26.9 Å². The Balaban J connectivity index is 2.01. The molecule has 2 rings (SSSR count). The molecule has 2 nitrogen and oxygen atoms in total. The highest BCUT2D eigenvalue weighted by molar-refractivity contribution is 9.09. The molecule has 0 spiro atoms. The molecule has 4 unspecified atom stereocenters. The monoisotopic (exact) mass is 264 g/mol. The van der Waals surface area contributed by atoms with Gasteiger partial charge in [-0.05, 0) is 25.2 Å². The molecule has 0 amide bonds. The molecule has 4 atom stereocenters. The molecule has 1 saturated carbocycles. The zero-order valence-electron chi connectivity index (χ0n) is 7.28. The van der Waals surface area contributed by atoms with Gasteiger partial charge < -0.3 is 5.11 Å². The van der Waals surface area contributed by atoms with Crippen molar-refractivity contribution in [1.82, 2.24) is 0 Å². The summed E-state index contributed by atoms with van der Waals surface area (Å²) in [6, 6.07) is 0. The molecule has 2 fully saturated rings. The van der Waals surface area contributed by atoms with Crippen LogP contribution in [0.25, 0.3) is 0 Å². The molecule has 1 N–H and O–H groups in total. The van der Waals surface area contributed by atoms with E-state index in [1.165, 1.54) is 0 Å². The first-order valence-corrected chi connectivity index (χ1v) is 6.63. The summed E-state index contributed by atoms with van der Waals surface area (Å²) in [4.78, 5) is 11.4. The third kappa shape index (κ3) is 1.89. The fourth-order valence-electron chi connectivity index (χ4n) is 2.33. The van der Waals surface area contributed by atoms with Gasteiger partial charge in [0.05, 0.1) is 5.92 Å². The number of hydrogen-bond acceptors (Lipinski definition) is 2. The first-order chi connectivity index (χ1) is 6.18. The SMILES string of the molecule is O=C(O)C1CCC2SCC(Br)C2C1. The minimum atomic E-state index is -0.602. The number of carbonyl (C=O) groups is 1. The number of carboxylic acids is 1. The maximum Gasteiger partial charge on any atom is 0.306 e. The quantitative estimate of drug-likeness (QED) is 0.739. The lowest BCUT2D eigenvalue weighted by atomic mass is 9.80. The van der Waals surface area contributed by atoms with Gasteiger partial charge in [0.2, 0.25) is 0 Å². The maximum absolute atomic E-state index is 10.8. The summed E-state index contributed by atoms with van der Waals surface area (Å²) in [5.74, 6) is 1.07. The predicted molar refractivity (Wildman–Crippen MR) is 57.4 cm³/mol. The second kappa shape index (κ2) is 3.81. The van der Waals surface area contributed by atoms with Crippen molar-refractivity contribution >= 4 is 33.7 Å². The molecule has 1 heterocycles. The number of thioether (sulfide) groups is 1. The van der Waals surface area contributed by atoms with Crippen LogP contribution in [0, 0.1) is 11.8 Å². The number of rotatable bonds is 1. The van der Waals surface area contributed by atoms with Crippen molar-refractivity contribution in [3.63, 3.8) is 0 Å². The van der Waals surface area contributed by atoms with E-state index in [1.807, 2.05) is 11.8 Å². The second-order valence-corrected chi connectivity index (χ2v) is 6.35. The van der Waals surface area contributed by atoms with Gasteiger partial charge in [-0.3, -0.25) is 4.79 Å². The molecule has 1 aliphatic heterocycles. The van der Waals surface area contributed by atoms with Gasteiger partial charge in [0.15, 0.2) is 0 Å². The van der Waals surface area contributed by atoms with E-state index in [1.54, 1.807) is 0 Å². The van der Waals surface area contributed by atoms with Gasteiger partial charge in [-0.1, -0.05) is 15.9 Å². The molecular weight excluding hydrogens is 252 g/mol. The number of fused-ring (bicyclic) bond motifs is 1. The minimum Gasteiger partial charge on any atom is -0.481 e. The zero-order valence-corrected chi connectivity index (χ0v) is 9.68. The maximum atomic E-state index is 10.8. The first kappa shape index (κ1) is 9.84. The average molecular weight is 265 g/mol. The Morgan fingerprint density at radius 1 is 1.46 bits per heavy atom. The van der Waals surface area contributed by atoms with Crippen molar-refractivity contribution < 1.29 is 9.90 Å². The summed E-state index contributed by atoms with van der Waals surface area (Å²) in [6.07, 6.45) is 2.85. The summed E-state index contributed by atoms with van der Waals surface area (Å²) in [7, 11) is 0. The van der Waals surface area contributed by atoms with Crippen LogP contribution in [-0.2, 0) is 4.79 Å². The lowest BCUT2D eigenvalue weighted by Gasteiger charge is -2.30. The zero-order chi connectivity index (χ0) is 9.42. The van der Waals surface area contributed by atoms with Gasteiger partial charge >= 0.3 is 5.97 Å². The van der Waals surface area contributed by atoms with E-state index in [9.17, 15) is 4.79 Å². The molecule has 1 aliphatic carbocycles. The van der Waals surface area contributed by atoms with Crippen molar-refractivity contribution in [2.75, 3.05) is 5.75 Å². The summed E-state index contributed by atoms with van der Waals surface area (Å²) in [5, 5.41) is 9.64. The van der Waals surface area contributed by atoms with Crippen molar-refractivity contribution in [3.05, 3.63) is 0 Å². The predicted octanol–water partition coefficient (Wildman–Crippen LogP) is 2.37.